The average Bonchev–Trinajstić information content (AvgIpc) is 2.40. The Kier molecular flexibility index (Phi) is 5.32. The number of esters is 1. The molecule has 0 saturated heterocycles. The van der Waals surface area contributed by atoms with E-state index in [4.69, 9.17) is 10.8 Å². The number of aromatic hydroxyl groups is 1. The number of likely N-dealkylation sites (N-methyl/N-ethyl adjacent to an activating group) is 1. The van der Waals surface area contributed by atoms with Gasteiger partial charge in [-0.3, -0.25) is 9.59 Å². The summed E-state index contributed by atoms with van der Waals surface area (Å²) in [6.07, 6.45) is 0.338. The highest BCUT2D eigenvalue weighted by atomic mass is 16.5. The lowest BCUT2D eigenvalue weighted by molar-refractivity contribution is -0.146. The summed E-state index contributed by atoms with van der Waals surface area (Å²) in [7, 11) is 2.76. The lowest BCUT2D eigenvalue weighted by atomic mass is 10.1. The predicted octanol–water partition coefficient (Wildman–Crippen LogP) is -0.107. The first-order chi connectivity index (χ1) is 8.93. The lowest BCUT2D eigenvalue weighted by Crippen LogP contribution is -2.45. The Bertz CT molecular complexity index is 444. The number of nitrogens with zero attached hydrogens (tertiary/aromatic N) is 1. The molecule has 0 saturated carbocycles. The van der Waals surface area contributed by atoms with Crippen molar-refractivity contribution in [3.63, 3.8) is 0 Å². The van der Waals surface area contributed by atoms with Crippen molar-refractivity contribution in [1.82, 2.24) is 4.90 Å². The molecule has 6 heteroatoms. The highest BCUT2D eigenvalue weighted by Gasteiger charge is 2.20. The van der Waals surface area contributed by atoms with Crippen LogP contribution < -0.4 is 5.73 Å². The number of methoxy groups -OCH3 is 1. The van der Waals surface area contributed by atoms with Gasteiger partial charge in [0.25, 0.3) is 0 Å². The number of hydrogen-bond acceptors (Lipinski definition) is 5. The van der Waals surface area contributed by atoms with E-state index in [2.05, 4.69) is 4.74 Å². The molecule has 0 aliphatic heterocycles. The summed E-state index contributed by atoms with van der Waals surface area (Å²) in [6.45, 7) is -0.126. The van der Waals surface area contributed by atoms with E-state index >= 15 is 0 Å². The van der Waals surface area contributed by atoms with Crippen LogP contribution in [0.5, 0.6) is 5.75 Å². The molecule has 6 nitrogen and oxygen atoms in total. The van der Waals surface area contributed by atoms with E-state index in [1.54, 1.807) is 12.1 Å². The smallest absolute Gasteiger partial charge is 0.325 e. The molecule has 1 rings (SSSR count). The second-order valence-electron chi connectivity index (χ2n) is 4.25. The SMILES string of the molecule is COC(=O)CN(C)C(=O)[C@H](N)Cc1ccc(O)cc1. The van der Waals surface area contributed by atoms with Crippen molar-refractivity contribution in [2.24, 2.45) is 5.73 Å². The molecule has 0 heterocycles. The third kappa shape index (κ3) is 4.59. The number of amides is 1. The Morgan fingerprint density at radius 1 is 1.37 bits per heavy atom. The van der Waals surface area contributed by atoms with Crippen molar-refractivity contribution in [3.05, 3.63) is 29.8 Å². The lowest BCUT2D eigenvalue weighted by Gasteiger charge is -2.20. The van der Waals surface area contributed by atoms with Gasteiger partial charge in [-0.05, 0) is 24.1 Å². The van der Waals surface area contributed by atoms with Gasteiger partial charge in [0.05, 0.1) is 13.2 Å². The van der Waals surface area contributed by atoms with E-state index in [0.29, 0.717) is 6.42 Å². The minimum Gasteiger partial charge on any atom is -0.508 e. The number of phenols is 1. The molecule has 0 spiro atoms. The molecule has 104 valence electrons. The minimum absolute atomic E-state index is 0.126. The van der Waals surface area contributed by atoms with Crippen molar-refractivity contribution in [2.75, 3.05) is 20.7 Å². The van der Waals surface area contributed by atoms with Crippen molar-refractivity contribution < 1.29 is 19.4 Å². The second kappa shape index (κ2) is 6.75. The first-order valence-corrected chi connectivity index (χ1v) is 5.79. The van der Waals surface area contributed by atoms with Gasteiger partial charge in [0, 0.05) is 7.05 Å². The van der Waals surface area contributed by atoms with Crippen LogP contribution in [-0.2, 0) is 20.7 Å². The molecule has 0 aliphatic rings. The summed E-state index contributed by atoms with van der Waals surface area (Å²) in [6, 6.07) is 5.72. The maximum Gasteiger partial charge on any atom is 0.325 e. The monoisotopic (exact) mass is 266 g/mol. The van der Waals surface area contributed by atoms with Crippen LogP contribution >= 0.6 is 0 Å². The number of carbonyl (C=O) groups excluding carboxylic acids is 2. The Labute approximate surface area is 111 Å². The van der Waals surface area contributed by atoms with Crippen LogP contribution in [0.4, 0.5) is 0 Å². The van der Waals surface area contributed by atoms with E-state index in [0.717, 1.165) is 5.56 Å². The molecule has 3 N–H and O–H groups in total. The van der Waals surface area contributed by atoms with Crippen molar-refractivity contribution >= 4 is 11.9 Å². The molecule has 0 fully saturated rings. The number of hydrogen-bond donors (Lipinski definition) is 2. The van der Waals surface area contributed by atoms with Gasteiger partial charge < -0.3 is 20.5 Å². The van der Waals surface area contributed by atoms with Gasteiger partial charge >= 0.3 is 5.97 Å². The topological polar surface area (TPSA) is 92.9 Å². The van der Waals surface area contributed by atoms with Crippen LogP contribution in [0.3, 0.4) is 0 Å². The van der Waals surface area contributed by atoms with Gasteiger partial charge in [0.1, 0.15) is 12.3 Å². The maximum absolute atomic E-state index is 11.9. The van der Waals surface area contributed by atoms with Crippen molar-refractivity contribution in [1.29, 1.82) is 0 Å². The average molecular weight is 266 g/mol. The minimum atomic E-state index is -0.737. The van der Waals surface area contributed by atoms with Gasteiger partial charge in [-0.15, -0.1) is 0 Å². The summed E-state index contributed by atoms with van der Waals surface area (Å²) in [5.41, 5.74) is 6.64. The van der Waals surface area contributed by atoms with Crippen LogP contribution in [0.25, 0.3) is 0 Å². The summed E-state index contributed by atoms with van der Waals surface area (Å²) >= 11 is 0. The second-order valence-corrected chi connectivity index (χ2v) is 4.25. The molecule has 1 amide bonds. The van der Waals surface area contributed by atoms with Crippen LogP contribution in [-0.4, -0.2) is 48.6 Å². The zero-order valence-electron chi connectivity index (χ0n) is 11.0. The quantitative estimate of drug-likeness (QED) is 0.726. The summed E-state index contributed by atoms with van der Waals surface area (Å²) in [4.78, 5) is 24.2. The molecule has 0 radical (unpaired) electrons. The summed E-state index contributed by atoms with van der Waals surface area (Å²) in [5.74, 6) is -0.669. The fourth-order valence-corrected chi connectivity index (χ4v) is 1.59. The first-order valence-electron chi connectivity index (χ1n) is 5.79. The van der Waals surface area contributed by atoms with Gasteiger partial charge in [0.2, 0.25) is 5.91 Å². The highest BCUT2D eigenvalue weighted by molar-refractivity contribution is 5.85. The molecular formula is C13H18N2O4. The number of rotatable bonds is 5. The largest absolute Gasteiger partial charge is 0.508 e. The van der Waals surface area contributed by atoms with Crippen molar-refractivity contribution in [2.45, 2.75) is 12.5 Å². The van der Waals surface area contributed by atoms with Crippen LogP contribution in [0.1, 0.15) is 5.56 Å². The Morgan fingerprint density at radius 3 is 2.47 bits per heavy atom. The van der Waals surface area contributed by atoms with E-state index in [1.807, 2.05) is 0 Å². The number of phenolic OH excluding ortho intramolecular Hbond substituents is 1. The maximum atomic E-state index is 11.9. The zero-order chi connectivity index (χ0) is 14.4. The molecule has 0 aliphatic carbocycles. The fraction of sp³-hybridized carbons (Fsp3) is 0.385. The molecule has 0 aromatic heterocycles. The molecule has 0 unspecified atom stereocenters. The Balaban J connectivity index is 2.57. The van der Waals surface area contributed by atoms with E-state index in [-0.39, 0.29) is 18.2 Å². The molecule has 0 bridgehead atoms. The van der Waals surface area contributed by atoms with E-state index in [1.165, 1.54) is 31.2 Å². The first kappa shape index (κ1) is 15.0. The van der Waals surface area contributed by atoms with Gasteiger partial charge in [-0.1, -0.05) is 12.1 Å². The Hall–Kier alpha value is -2.08. The molecule has 19 heavy (non-hydrogen) atoms. The molecular weight excluding hydrogens is 248 g/mol. The predicted molar refractivity (Wildman–Crippen MR) is 69.4 cm³/mol. The van der Waals surface area contributed by atoms with Crippen LogP contribution in [0, 0.1) is 0 Å². The molecule has 1 aromatic carbocycles. The molecule has 1 atom stereocenters. The molecule has 1 aromatic rings. The van der Waals surface area contributed by atoms with E-state index < -0.39 is 12.0 Å². The third-order valence-corrected chi connectivity index (χ3v) is 2.68. The number of nitrogens with two attached hydrogens (primary N) is 1. The van der Waals surface area contributed by atoms with Crippen LogP contribution in [0.15, 0.2) is 24.3 Å². The fourth-order valence-electron chi connectivity index (χ4n) is 1.59. The summed E-state index contributed by atoms with van der Waals surface area (Å²) in [5, 5.41) is 9.16. The number of benzene rings is 1. The van der Waals surface area contributed by atoms with Gasteiger partial charge in [-0.2, -0.15) is 0 Å². The normalized spacial score (nSPS) is 11.7. The number of carbonyl (C=O) groups is 2. The van der Waals surface area contributed by atoms with Crippen LogP contribution in [0.2, 0.25) is 0 Å². The third-order valence-electron chi connectivity index (χ3n) is 2.68. The standard InChI is InChI=1S/C13H18N2O4/c1-15(8-12(17)19-2)13(18)11(14)7-9-3-5-10(16)6-4-9/h3-6,11,16H,7-8,14H2,1-2H3/t11-/m1/s1. The van der Waals surface area contributed by atoms with Gasteiger partial charge in [-0.25, -0.2) is 0 Å². The Morgan fingerprint density at radius 2 is 1.95 bits per heavy atom. The summed E-state index contributed by atoms with van der Waals surface area (Å²) < 4.78 is 4.48. The number of ether oxygens (including phenoxy) is 1. The zero-order valence-corrected chi connectivity index (χ0v) is 11.0. The highest BCUT2D eigenvalue weighted by Crippen LogP contribution is 2.11. The van der Waals surface area contributed by atoms with Gasteiger partial charge in [0.15, 0.2) is 0 Å². The van der Waals surface area contributed by atoms with Crippen molar-refractivity contribution in [3.8, 4) is 5.75 Å². The van der Waals surface area contributed by atoms with E-state index in [9.17, 15) is 9.59 Å².